The van der Waals surface area contributed by atoms with Crippen LogP contribution in [0.25, 0.3) is 0 Å². The van der Waals surface area contributed by atoms with E-state index in [1.807, 2.05) is 0 Å². The average molecular weight is 277 g/mol. The van der Waals surface area contributed by atoms with Crippen molar-refractivity contribution in [1.29, 1.82) is 0 Å². The maximum absolute atomic E-state index is 11.8. The van der Waals surface area contributed by atoms with Crippen LogP contribution in [-0.4, -0.2) is 43.0 Å². The molecule has 3 N–H and O–H groups in total. The minimum absolute atomic E-state index is 0.00102. The van der Waals surface area contributed by atoms with Gasteiger partial charge in [-0.3, -0.25) is 9.59 Å². The topological polar surface area (TPSA) is 84.7 Å². The van der Waals surface area contributed by atoms with E-state index in [0.29, 0.717) is 11.4 Å². The van der Waals surface area contributed by atoms with Crippen molar-refractivity contribution in [2.24, 2.45) is 5.73 Å². The summed E-state index contributed by atoms with van der Waals surface area (Å²) in [5, 5.41) is 2.64. The number of benzene rings is 1. The second kappa shape index (κ2) is 6.91. The van der Waals surface area contributed by atoms with Crippen LogP contribution in [0.5, 0.6) is 5.75 Å². The predicted molar refractivity (Wildman–Crippen MR) is 75.4 cm³/mol. The molecule has 1 aliphatic heterocycles. The highest BCUT2D eigenvalue weighted by Crippen LogP contribution is 2.17. The van der Waals surface area contributed by atoms with Gasteiger partial charge in [-0.15, -0.1) is 0 Å². The molecule has 2 amide bonds. The van der Waals surface area contributed by atoms with Crippen molar-refractivity contribution < 1.29 is 14.3 Å². The number of amides is 2. The quantitative estimate of drug-likeness (QED) is 0.824. The number of carbonyl (C=O) groups excluding carboxylic acids is 2. The van der Waals surface area contributed by atoms with E-state index >= 15 is 0 Å². The van der Waals surface area contributed by atoms with Crippen molar-refractivity contribution in [3.05, 3.63) is 24.3 Å². The lowest BCUT2D eigenvalue weighted by molar-refractivity contribution is -0.132. The van der Waals surface area contributed by atoms with E-state index in [9.17, 15) is 9.59 Å². The van der Waals surface area contributed by atoms with Gasteiger partial charge in [0.05, 0.1) is 6.54 Å². The first kappa shape index (κ1) is 14.3. The monoisotopic (exact) mass is 277 g/mol. The average Bonchev–Trinajstić information content (AvgIpc) is 2.99. The summed E-state index contributed by atoms with van der Waals surface area (Å²) in [4.78, 5) is 24.8. The Hall–Kier alpha value is -2.08. The fourth-order valence-electron chi connectivity index (χ4n) is 2.08. The summed E-state index contributed by atoms with van der Waals surface area (Å²) in [5.41, 5.74) is 5.84. The number of nitrogens with two attached hydrogens (primary N) is 1. The van der Waals surface area contributed by atoms with Crippen LogP contribution in [-0.2, 0) is 9.59 Å². The van der Waals surface area contributed by atoms with Gasteiger partial charge in [0.15, 0.2) is 6.61 Å². The van der Waals surface area contributed by atoms with Gasteiger partial charge >= 0.3 is 0 Å². The molecule has 0 radical (unpaired) electrons. The molecule has 1 aromatic carbocycles. The lowest BCUT2D eigenvalue weighted by Crippen LogP contribution is -2.32. The van der Waals surface area contributed by atoms with Gasteiger partial charge in [0.25, 0.3) is 5.91 Å². The van der Waals surface area contributed by atoms with Crippen LogP contribution in [0.2, 0.25) is 0 Å². The number of likely N-dealkylation sites (tertiary alicyclic amines) is 1. The Morgan fingerprint density at radius 1 is 1.30 bits per heavy atom. The van der Waals surface area contributed by atoms with Crippen LogP contribution in [0, 0.1) is 0 Å². The largest absolute Gasteiger partial charge is 0.484 e. The Balaban J connectivity index is 1.87. The molecular formula is C14H19N3O3. The van der Waals surface area contributed by atoms with E-state index < -0.39 is 0 Å². The lowest BCUT2D eigenvalue weighted by atomic mass is 10.3. The number of rotatable bonds is 5. The smallest absolute Gasteiger partial charge is 0.260 e. The molecule has 1 aliphatic rings. The zero-order valence-corrected chi connectivity index (χ0v) is 11.3. The van der Waals surface area contributed by atoms with Crippen LogP contribution in [0.1, 0.15) is 12.8 Å². The van der Waals surface area contributed by atoms with E-state index in [1.165, 1.54) is 0 Å². The first-order valence-corrected chi connectivity index (χ1v) is 6.69. The van der Waals surface area contributed by atoms with Crippen molar-refractivity contribution in [2.45, 2.75) is 12.8 Å². The van der Waals surface area contributed by atoms with E-state index in [0.717, 1.165) is 25.9 Å². The molecule has 0 atom stereocenters. The van der Waals surface area contributed by atoms with Gasteiger partial charge in [-0.1, -0.05) is 6.07 Å². The maximum Gasteiger partial charge on any atom is 0.260 e. The highest BCUT2D eigenvalue weighted by Gasteiger charge is 2.18. The van der Waals surface area contributed by atoms with Gasteiger partial charge in [0, 0.05) is 24.8 Å². The summed E-state index contributed by atoms with van der Waals surface area (Å²) < 4.78 is 5.46. The predicted octanol–water partition coefficient (Wildman–Crippen LogP) is 0.585. The third-order valence-corrected chi connectivity index (χ3v) is 3.12. The van der Waals surface area contributed by atoms with Crippen molar-refractivity contribution in [1.82, 2.24) is 4.90 Å². The fourth-order valence-corrected chi connectivity index (χ4v) is 2.08. The van der Waals surface area contributed by atoms with Crippen LogP contribution >= 0.6 is 0 Å². The number of hydrogen-bond acceptors (Lipinski definition) is 4. The zero-order chi connectivity index (χ0) is 14.4. The molecule has 2 rings (SSSR count). The van der Waals surface area contributed by atoms with Crippen LogP contribution in [0.3, 0.4) is 0 Å². The van der Waals surface area contributed by atoms with Gasteiger partial charge in [-0.05, 0) is 25.0 Å². The van der Waals surface area contributed by atoms with E-state index in [1.54, 1.807) is 29.2 Å². The Labute approximate surface area is 117 Å². The van der Waals surface area contributed by atoms with Crippen LogP contribution in [0.15, 0.2) is 24.3 Å². The second-order valence-electron chi connectivity index (χ2n) is 4.66. The molecule has 0 bridgehead atoms. The standard InChI is InChI=1S/C14H19N3O3/c15-9-13(18)16-11-4-3-5-12(8-11)20-10-14(19)17-6-1-2-7-17/h3-5,8H,1-2,6-7,9-10,15H2,(H,16,18). The van der Waals surface area contributed by atoms with Crippen molar-refractivity contribution >= 4 is 17.5 Å². The minimum atomic E-state index is -0.268. The molecule has 1 heterocycles. The first-order chi connectivity index (χ1) is 9.69. The molecule has 0 aromatic heterocycles. The van der Waals surface area contributed by atoms with Gasteiger partial charge < -0.3 is 20.7 Å². The van der Waals surface area contributed by atoms with E-state index in [4.69, 9.17) is 10.5 Å². The lowest BCUT2D eigenvalue weighted by Gasteiger charge is -2.15. The Kier molecular flexibility index (Phi) is 4.95. The number of hydrogen-bond donors (Lipinski definition) is 2. The van der Waals surface area contributed by atoms with Gasteiger partial charge in [0.1, 0.15) is 5.75 Å². The molecule has 0 spiro atoms. The molecule has 108 valence electrons. The number of nitrogens with zero attached hydrogens (tertiary/aromatic N) is 1. The Bertz CT molecular complexity index is 484. The Morgan fingerprint density at radius 2 is 2.05 bits per heavy atom. The number of carbonyl (C=O) groups is 2. The minimum Gasteiger partial charge on any atom is -0.484 e. The highest BCUT2D eigenvalue weighted by atomic mass is 16.5. The summed E-state index contributed by atoms with van der Waals surface area (Å²) in [6, 6.07) is 6.91. The summed E-state index contributed by atoms with van der Waals surface area (Å²) >= 11 is 0. The summed E-state index contributed by atoms with van der Waals surface area (Å²) in [5.74, 6) is 0.279. The molecule has 1 saturated heterocycles. The van der Waals surface area contributed by atoms with Crippen LogP contribution in [0.4, 0.5) is 5.69 Å². The molecular weight excluding hydrogens is 258 g/mol. The number of anilines is 1. The number of nitrogens with one attached hydrogen (secondary N) is 1. The maximum atomic E-state index is 11.8. The third-order valence-electron chi connectivity index (χ3n) is 3.12. The first-order valence-electron chi connectivity index (χ1n) is 6.69. The summed E-state index contributed by atoms with van der Waals surface area (Å²) in [6.07, 6.45) is 2.12. The van der Waals surface area contributed by atoms with Crippen molar-refractivity contribution in [3.63, 3.8) is 0 Å². The molecule has 6 heteroatoms. The Morgan fingerprint density at radius 3 is 2.75 bits per heavy atom. The summed E-state index contributed by atoms with van der Waals surface area (Å²) in [7, 11) is 0. The molecule has 6 nitrogen and oxygen atoms in total. The highest BCUT2D eigenvalue weighted by molar-refractivity contribution is 5.92. The molecule has 0 saturated carbocycles. The SMILES string of the molecule is NCC(=O)Nc1cccc(OCC(=O)N2CCCC2)c1. The molecule has 0 unspecified atom stereocenters. The molecule has 1 aromatic rings. The van der Waals surface area contributed by atoms with E-state index in [2.05, 4.69) is 5.32 Å². The van der Waals surface area contributed by atoms with Crippen molar-refractivity contribution in [3.8, 4) is 5.75 Å². The van der Waals surface area contributed by atoms with Crippen LogP contribution < -0.4 is 15.8 Å². The molecule has 20 heavy (non-hydrogen) atoms. The molecule has 0 aliphatic carbocycles. The molecule has 1 fully saturated rings. The second-order valence-corrected chi connectivity index (χ2v) is 4.66. The van der Waals surface area contributed by atoms with Crippen molar-refractivity contribution in [2.75, 3.05) is 31.6 Å². The normalized spacial score (nSPS) is 14.2. The van der Waals surface area contributed by atoms with Gasteiger partial charge in [0.2, 0.25) is 5.91 Å². The summed E-state index contributed by atoms with van der Waals surface area (Å²) in [6.45, 7) is 1.58. The van der Waals surface area contributed by atoms with E-state index in [-0.39, 0.29) is 25.0 Å². The number of ether oxygens (including phenoxy) is 1. The zero-order valence-electron chi connectivity index (χ0n) is 11.3. The fraction of sp³-hybridized carbons (Fsp3) is 0.429. The third kappa shape index (κ3) is 3.96. The van der Waals surface area contributed by atoms with Gasteiger partial charge in [-0.2, -0.15) is 0 Å². The van der Waals surface area contributed by atoms with Gasteiger partial charge in [-0.25, -0.2) is 0 Å².